The second kappa shape index (κ2) is 5.24. The monoisotopic (exact) mass is 277 g/mol. The highest BCUT2D eigenvalue weighted by molar-refractivity contribution is 5.50. The minimum Gasteiger partial charge on any atom is -0.491 e. The molecular weight excluding hydrogens is 258 g/mol. The zero-order valence-electron chi connectivity index (χ0n) is 11.4. The second-order valence-electron chi connectivity index (χ2n) is 5.48. The summed E-state index contributed by atoms with van der Waals surface area (Å²) in [4.78, 5) is 2.29. The molecule has 5 heteroatoms. The molecule has 3 saturated heterocycles. The molecule has 0 spiro atoms. The Balaban J connectivity index is 1.41. The normalized spacial score (nSPS) is 30.5. The maximum atomic E-state index is 5.66. The Morgan fingerprint density at radius 2 is 1.75 bits per heavy atom. The number of hydrogen-bond donors (Lipinski definition) is 0. The molecule has 5 nitrogen and oxygen atoms in total. The van der Waals surface area contributed by atoms with Gasteiger partial charge in [0.2, 0.25) is 0 Å². The van der Waals surface area contributed by atoms with E-state index in [1.165, 1.54) is 5.69 Å². The van der Waals surface area contributed by atoms with Crippen LogP contribution in [-0.2, 0) is 14.2 Å². The molecule has 0 saturated carbocycles. The molecule has 0 bridgehead atoms. The van der Waals surface area contributed by atoms with E-state index in [-0.39, 0.29) is 6.23 Å². The van der Waals surface area contributed by atoms with Crippen LogP contribution in [-0.4, -0.2) is 51.4 Å². The van der Waals surface area contributed by atoms with Crippen LogP contribution in [0, 0.1) is 0 Å². The van der Waals surface area contributed by atoms with E-state index in [4.69, 9.17) is 18.9 Å². The third kappa shape index (κ3) is 2.90. The number of rotatable bonds is 7. The lowest BCUT2D eigenvalue weighted by atomic mass is 10.2. The maximum Gasteiger partial charge on any atom is 0.132 e. The van der Waals surface area contributed by atoms with Gasteiger partial charge in [-0.2, -0.15) is 0 Å². The topological polar surface area (TPSA) is 46.8 Å². The first-order valence-corrected chi connectivity index (χ1v) is 7.23. The predicted octanol–water partition coefficient (Wildman–Crippen LogP) is 1.42. The molecule has 108 valence electrons. The van der Waals surface area contributed by atoms with Crippen molar-refractivity contribution in [3.05, 3.63) is 24.3 Å². The molecule has 0 amide bonds. The van der Waals surface area contributed by atoms with Crippen molar-refractivity contribution in [1.29, 1.82) is 0 Å². The van der Waals surface area contributed by atoms with Gasteiger partial charge in [0.25, 0.3) is 0 Å². The van der Waals surface area contributed by atoms with Gasteiger partial charge in [0.15, 0.2) is 0 Å². The maximum absolute atomic E-state index is 5.66. The third-order valence-electron chi connectivity index (χ3n) is 3.83. The summed E-state index contributed by atoms with van der Waals surface area (Å²) in [6.45, 7) is 4.10. The second-order valence-corrected chi connectivity index (χ2v) is 5.48. The van der Waals surface area contributed by atoms with E-state index in [1.54, 1.807) is 0 Å². The van der Waals surface area contributed by atoms with Crippen LogP contribution in [0.5, 0.6) is 5.75 Å². The van der Waals surface area contributed by atoms with Crippen molar-refractivity contribution in [1.82, 2.24) is 0 Å². The third-order valence-corrected chi connectivity index (χ3v) is 3.83. The zero-order chi connectivity index (χ0) is 13.4. The lowest BCUT2D eigenvalue weighted by molar-refractivity contribution is -0.0516. The van der Waals surface area contributed by atoms with E-state index in [0.29, 0.717) is 18.8 Å². The first-order chi connectivity index (χ1) is 9.88. The van der Waals surface area contributed by atoms with Crippen molar-refractivity contribution in [3.63, 3.8) is 0 Å². The van der Waals surface area contributed by atoms with Crippen molar-refractivity contribution in [3.8, 4) is 5.75 Å². The van der Waals surface area contributed by atoms with E-state index >= 15 is 0 Å². The molecule has 0 radical (unpaired) electrons. The summed E-state index contributed by atoms with van der Waals surface area (Å²) in [6, 6.07) is 8.20. The molecule has 0 N–H and O–H groups in total. The van der Waals surface area contributed by atoms with Gasteiger partial charge in [-0.15, -0.1) is 0 Å². The number of epoxide rings is 2. The summed E-state index contributed by atoms with van der Waals surface area (Å²) in [6.07, 6.45) is 1.94. The van der Waals surface area contributed by atoms with Crippen LogP contribution >= 0.6 is 0 Å². The highest BCUT2D eigenvalue weighted by Gasteiger charge is 2.32. The molecule has 0 aromatic heterocycles. The summed E-state index contributed by atoms with van der Waals surface area (Å²) in [5.41, 5.74) is 1.17. The molecular formula is C15H19NO4. The molecule has 3 aliphatic heterocycles. The van der Waals surface area contributed by atoms with Gasteiger partial charge in [-0.3, -0.25) is 0 Å². The van der Waals surface area contributed by atoms with E-state index in [2.05, 4.69) is 17.0 Å². The molecule has 20 heavy (non-hydrogen) atoms. The van der Waals surface area contributed by atoms with E-state index < -0.39 is 0 Å². The van der Waals surface area contributed by atoms with Gasteiger partial charge in [0.1, 0.15) is 24.7 Å². The van der Waals surface area contributed by atoms with Crippen LogP contribution in [0.1, 0.15) is 6.42 Å². The first-order valence-electron chi connectivity index (χ1n) is 7.23. The fourth-order valence-electron chi connectivity index (χ4n) is 2.34. The standard InChI is InChI=1S/C15H19NO4/c1-3-12(18-9-14-10-20-14)4-2-11(1)16(7-13-8-19-13)15-5-6-17-15/h1-4,13-15H,5-10H2. The first kappa shape index (κ1) is 12.4. The van der Waals surface area contributed by atoms with Crippen molar-refractivity contribution >= 4 is 5.69 Å². The van der Waals surface area contributed by atoms with Gasteiger partial charge in [-0.25, -0.2) is 0 Å². The quantitative estimate of drug-likeness (QED) is 0.705. The Hall–Kier alpha value is -1.30. The van der Waals surface area contributed by atoms with E-state index in [9.17, 15) is 0 Å². The average molecular weight is 277 g/mol. The Labute approximate surface area is 118 Å². The molecule has 3 aliphatic rings. The van der Waals surface area contributed by atoms with Gasteiger partial charge in [0, 0.05) is 18.7 Å². The van der Waals surface area contributed by atoms with Crippen LogP contribution in [0.3, 0.4) is 0 Å². The van der Waals surface area contributed by atoms with Gasteiger partial charge < -0.3 is 23.8 Å². The van der Waals surface area contributed by atoms with Gasteiger partial charge >= 0.3 is 0 Å². The summed E-state index contributed by atoms with van der Waals surface area (Å²) in [5, 5.41) is 0. The van der Waals surface area contributed by atoms with Gasteiger partial charge in [-0.1, -0.05) is 0 Å². The molecule has 3 atom stereocenters. The SMILES string of the molecule is c1cc(N(CC2CO2)C2CCO2)ccc1OCC1CO1. The van der Waals surface area contributed by atoms with E-state index in [0.717, 1.165) is 38.5 Å². The number of benzene rings is 1. The summed E-state index contributed by atoms with van der Waals surface area (Å²) in [7, 11) is 0. The largest absolute Gasteiger partial charge is 0.491 e. The number of anilines is 1. The molecule has 3 heterocycles. The average Bonchev–Trinajstić information content (AvgIpc) is 3.29. The van der Waals surface area contributed by atoms with Crippen molar-refractivity contribution in [2.45, 2.75) is 24.9 Å². The number of nitrogens with zero attached hydrogens (tertiary/aromatic N) is 1. The lowest BCUT2D eigenvalue weighted by Gasteiger charge is -2.38. The van der Waals surface area contributed by atoms with Crippen LogP contribution in [0.15, 0.2) is 24.3 Å². The Kier molecular flexibility index (Phi) is 3.26. The fraction of sp³-hybridized carbons (Fsp3) is 0.600. The number of ether oxygens (including phenoxy) is 4. The highest BCUT2D eigenvalue weighted by Crippen LogP contribution is 2.28. The van der Waals surface area contributed by atoms with Crippen LogP contribution in [0.4, 0.5) is 5.69 Å². The minimum atomic E-state index is 0.200. The van der Waals surface area contributed by atoms with Crippen molar-refractivity contribution in [2.24, 2.45) is 0 Å². The zero-order valence-corrected chi connectivity index (χ0v) is 11.4. The molecule has 1 aromatic rings. The smallest absolute Gasteiger partial charge is 0.132 e. The molecule has 0 aliphatic carbocycles. The molecule has 3 fully saturated rings. The highest BCUT2D eigenvalue weighted by atomic mass is 16.6. The van der Waals surface area contributed by atoms with Crippen LogP contribution < -0.4 is 9.64 Å². The summed E-state index contributed by atoms with van der Waals surface area (Å²) in [5.74, 6) is 0.890. The summed E-state index contributed by atoms with van der Waals surface area (Å²) < 4.78 is 21.7. The van der Waals surface area contributed by atoms with E-state index in [1.807, 2.05) is 12.1 Å². The Morgan fingerprint density at radius 3 is 2.30 bits per heavy atom. The molecule has 4 rings (SSSR count). The Morgan fingerprint density at radius 1 is 1.05 bits per heavy atom. The van der Waals surface area contributed by atoms with Gasteiger partial charge in [0.05, 0.1) is 25.9 Å². The Bertz CT molecular complexity index is 451. The predicted molar refractivity (Wildman–Crippen MR) is 73.1 cm³/mol. The minimum absolute atomic E-state index is 0.200. The van der Waals surface area contributed by atoms with Crippen molar-refractivity contribution < 1.29 is 18.9 Å². The lowest BCUT2D eigenvalue weighted by Crippen LogP contribution is -2.46. The molecule has 3 unspecified atom stereocenters. The fourth-order valence-corrected chi connectivity index (χ4v) is 2.34. The summed E-state index contributed by atoms with van der Waals surface area (Å²) >= 11 is 0. The number of hydrogen-bond acceptors (Lipinski definition) is 5. The van der Waals surface area contributed by atoms with Crippen LogP contribution in [0.2, 0.25) is 0 Å². The van der Waals surface area contributed by atoms with Gasteiger partial charge in [-0.05, 0) is 24.3 Å². The van der Waals surface area contributed by atoms with Crippen molar-refractivity contribution in [2.75, 3.05) is 37.9 Å². The molecule has 1 aromatic carbocycles. The van der Waals surface area contributed by atoms with Crippen LogP contribution in [0.25, 0.3) is 0 Å².